The van der Waals surface area contributed by atoms with Crippen molar-refractivity contribution in [2.45, 2.75) is 0 Å². The number of nitrogens with two attached hydrogens (primary N) is 1. The first-order chi connectivity index (χ1) is 8.97. The van der Waals surface area contributed by atoms with Gasteiger partial charge in [-0.25, -0.2) is 0 Å². The molecule has 0 aliphatic carbocycles. The normalized spacial score (nSPS) is 10.3. The van der Waals surface area contributed by atoms with E-state index in [-0.39, 0.29) is 5.91 Å². The number of anilines is 2. The summed E-state index contributed by atoms with van der Waals surface area (Å²) in [6, 6.07) is 9.90. The van der Waals surface area contributed by atoms with Gasteiger partial charge in [-0.1, -0.05) is 39.1 Å². The van der Waals surface area contributed by atoms with Crippen molar-refractivity contribution in [3.05, 3.63) is 56.5 Å². The summed E-state index contributed by atoms with van der Waals surface area (Å²) < 4.78 is 0.811. The second-order valence-corrected chi connectivity index (χ2v) is 5.57. The SMILES string of the molecule is Nc1ccc(Cl)cc1C(=O)Nc1cc(Br)ccc1Cl. The minimum atomic E-state index is -0.361. The lowest BCUT2D eigenvalue weighted by molar-refractivity contribution is 0.102. The number of halogens is 3. The number of carbonyl (C=O) groups is 1. The van der Waals surface area contributed by atoms with Crippen LogP contribution in [0.1, 0.15) is 10.4 Å². The number of nitrogens with one attached hydrogen (secondary N) is 1. The average Bonchev–Trinajstić information content (AvgIpc) is 2.36. The fourth-order valence-corrected chi connectivity index (χ4v) is 2.21. The Labute approximate surface area is 128 Å². The molecule has 0 radical (unpaired) electrons. The van der Waals surface area contributed by atoms with Gasteiger partial charge in [-0.05, 0) is 36.4 Å². The molecule has 2 rings (SSSR count). The van der Waals surface area contributed by atoms with Crippen LogP contribution in [0.4, 0.5) is 11.4 Å². The fourth-order valence-electron chi connectivity index (χ4n) is 1.51. The van der Waals surface area contributed by atoms with Gasteiger partial charge in [-0.15, -0.1) is 0 Å². The minimum absolute atomic E-state index is 0.309. The molecule has 0 saturated heterocycles. The fraction of sp³-hybridized carbons (Fsp3) is 0. The summed E-state index contributed by atoms with van der Waals surface area (Å²) >= 11 is 15.2. The maximum Gasteiger partial charge on any atom is 0.257 e. The number of rotatable bonds is 2. The predicted octanol–water partition coefficient (Wildman–Crippen LogP) is 4.59. The molecule has 0 aliphatic heterocycles. The van der Waals surface area contributed by atoms with Crippen LogP contribution < -0.4 is 11.1 Å². The molecule has 1 amide bonds. The number of benzene rings is 2. The maximum absolute atomic E-state index is 12.1. The van der Waals surface area contributed by atoms with Gasteiger partial charge in [0.05, 0.1) is 16.3 Å². The molecular weight excluding hydrogens is 351 g/mol. The maximum atomic E-state index is 12.1. The lowest BCUT2D eigenvalue weighted by atomic mass is 10.1. The van der Waals surface area contributed by atoms with E-state index in [1.165, 1.54) is 6.07 Å². The zero-order chi connectivity index (χ0) is 14.0. The molecule has 0 spiro atoms. The Morgan fingerprint density at radius 2 is 1.89 bits per heavy atom. The quantitative estimate of drug-likeness (QED) is 0.770. The third-order valence-corrected chi connectivity index (χ3v) is 3.49. The van der Waals surface area contributed by atoms with E-state index < -0.39 is 0 Å². The molecule has 0 heterocycles. The summed E-state index contributed by atoms with van der Waals surface area (Å²) in [6.07, 6.45) is 0. The Kier molecular flexibility index (Phi) is 4.34. The van der Waals surface area contributed by atoms with E-state index in [2.05, 4.69) is 21.2 Å². The van der Waals surface area contributed by atoms with Crippen molar-refractivity contribution in [3.63, 3.8) is 0 Å². The summed E-state index contributed by atoms with van der Waals surface area (Å²) in [5.41, 5.74) is 6.91. The van der Waals surface area contributed by atoms with Crippen LogP contribution in [-0.2, 0) is 0 Å². The van der Waals surface area contributed by atoms with Crippen molar-refractivity contribution in [1.29, 1.82) is 0 Å². The average molecular weight is 360 g/mol. The van der Waals surface area contributed by atoms with E-state index in [0.717, 1.165) is 4.47 Å². The molecule has 0 unspecified atom stereocenters. The van der Waals surface area contributed by atoms with E-state index >= 15 is 0 Å². The van der Waals surface area contributed by atoms with Gasteiger partial charge in [0.2, 0.25) is 0 Å². The first-order valence-corrected chi connectivity index (χ1v) is 6.83. The van der Waals surface area contributed by atoms with Crippen LogP contribution in [0.15, 0.2) is 40.9 Å². The lowest BCUT2D eigenvalue weighted by Gasteiger charge is -2.09. The van der Waals surface area contributed by atoms with Crippen LogP contribution in [0.5, 0.6) is 0 Å². The Morgan fingerprint density at radius 3 is 2.63 bits per heavy atom. The van der Waals surface area contributed by atoms with Crippen molar-refractivity contribution in [2.24, 2.45) is 0 Å². The largest absolute Gasteiger partial charge is 0.398 e. The Balaban J connectivity index is 2.30. The molecule has 0 aromatic heterocycles. The van der Waals surface area contributed by atoms with Crippen molar-refractivity contribution in [1.82, 2.24) is 0 Å². The topological polar surface area (TPSA) is 55.1 Å². The third kappa shape index (κ3) is 3.41. The number of hydrogen-bond donors (Lipinski definition) is 2. The van der Waals surface area contributed by atoms with Crippen LogP contribution in [0.25, 0.3) is 0 Å². The molecule has 2 aromatic rings. The van der Waals surface area contributed by atoms with Gasteiger partial charge in [0.25, 0.3) is 5.91 Å². The molecular formula is C13H9BrCl2N2O. The molecule has 3 N–H and O–H groups in total. The summed E-state index contributed by atoms with van der Waals surface area (Å²) in [7, 11) is 0. The second kappa shape index (κ2) is 5.82. The predicted molar refractivity (Wildman–Crippen MR) is 83.0 cm³/mol. The van der Waals surface area contributed by atoms with Gasteiger partial charge in [0.1, 0.15) is 0 Å². The molecule has 0 aliphatic rings. The molecule has 0 saturated carbocycles. The highest BCUT2D eigenvalue weighted by atomic mass is 79.9. The van der Waals surface area contributed by atoms with Crippen molar-refractivity contribution in [3.8, 4) is 0 Å². The summed E-state index contributed by atoms with van der Waals surface area (Å²) in [4.78, 5) is 12.1. The number of carbonyl (C=O) groups excluding carboxylic acids is 1. The number of hydrogen-bond acceptors (Lipinski definition) is 2. The van der Waals surface area contributed by atoms with Crippen LogP contribution in [0, 0.1) is 0 Å². The van der Waals surface area contributed by atoms with Gasteiger partial charge in [0.15, 0.2) is 0 Å². The highest BCUT2D eigenvalue weighted by Crippen LogP contribution is 2.27. The summed E-state index contributed by atoms with van der Waals surface area (Å²) in [6.45, 7) is 0. The van der Waals surface area contributed by atoms with Gasteiger partial charge < -0.3 is 11.1 Å². The highest BCUT2D eigenvalue weighted by Gasteiger charge is 2.12. The molecule has 2 aromatic carbocycles. The van der Waals surface area contributed by atoms with Crippen LogP contribution in [-0.4, -0.2) is 5.91 Å². The standard InChI is InChI=1S/C13H9BrCl2N2O/c14-7-1-3-10(16)12(5-7)18-13(19)9-6-8(15)2-4-11(9)17/h1-6H,17H2,(H,18,19). The first kappa shape index (κ1) is 14.2. The number of nitrogen functional groups attached to an aromatic ring is 1. The van der Waals surface area contributed by atoms with Crippen LogP contribution in [0.3, 0.4) is 0 Å². The van der Waals surface area contributed by atoms with E-state index in [4.69, 9.17) is 28.9 Å². The van der Waals surface area contributed by atoms with Gasteiger partial charge in [0, 0.05) is 15.2 Å². The molecule has 3 nitrogen and oxygen atoms in total. The van der Waals surface area contributed by atoms with E-state index in [1.54, 1.807) is 30.3 Å². The van der Waals surface area contributed by atoms with Crippen LogP contribution >= 0.6 is 39.1 Å². The molecule has 0 fully saturated rings. The van der Waals surface area contributed by atoms with Crippen LogP contribution in [0.2, 0.25) is 10.0 Å². The Bertz CT molecular complexity index is 647. The van der Waals surface area contributed by atoms with Crippen molar-refractivity contribution < 1.29 is 4.79 Å². The molecule has 6 heteroatoms. The van der Waals surface area contributed by atoms with Crippen molar-refractivity contribution in [2.75, 3.05) is 11.1 Å². The van der Waals surface area contributed by atoms with Crippen molar-refractivity contribution >= 4 is 56.4 Å². The van der Waals surface area contributed by atoms with E-state index in [0.29, 0.717) is 27.0 Å². The van der Waals surface area contributed by atoms with Gasteiger partial charge in [-0.3, -0.25) is 4.79 Å². The van der Waals surface area contributed by atoms with E-state index in [1.807, 2.05) is 0 Å². The minimum Gasteiger partial charge on any atom is -0.398 e. The second-order valence-electron chi connectivity index (χ2n) is 3.81. The van der Waals surface area contributed by atoms with E-state index in [9.17, 15) is 4.79 Å². The highest BCUT2D eigenvalue weighted by molar-refractivity contribution is 9.10. The summed E-state index contributed by atoms with van der Waals surface area (Å²) in [5.74, 6) is -0.361. The van der Waals surface area contributed by atoms with Gasteiger partial charge >= 0.3 is 0 Å². The Morgan fingerprint density at radius 1 is 1.16 bits per heavy atom. The van der Waals surface area contributed by atoms with Gasteiger partial charge in [-0.2, -0.15) is 0 Å². The lowest BCUT2D eigenvalue weighted by Crippen LogP contribution is -2.14. The molecule has 19 heavy (non-hydrogen) atoms. The molecule has 0 bridgehead atoms. The first-order valence-electron chi connectivity index (χ1n) is 5.29. The molecule has 0 atom stereocenters. The smallest absolute Gasteiger partial charge is 0.257 e. The number of amides is 1. The zero-order valence-corrected chi connectivity index (χ0v) is 12.7. The Hall–Kier alpha value is -1.23. The third-order valence-electron chi connectivity index (χ3n) is 2.44. The monoisotopic (exact) mass is 358 g/mol. The molecule has 98 valence electrons. The zero-order valence-electron chi connectivity index (χ0n) is 9.58. The summed E-state index contributed by atoms with van der Waals surface area (Å²) in [5, 5.41) is 3.58.